The fraction of sp³-hybridized carbons (Fsp3) is 0.250. The molecule has 2 aromatic carbocycles. The number of hydrogen-bond acceptors (Lipinski definition) is 2. The van der Waals surface area contributed by atoms with Crippen molar-refractivity contribution in [1.82, 2.24) is 0 Å². The summed E-state index contributed by atoms with van der Waals surface area (Å²) in [5.74, 6) is 1.11. The van der Waals surface area contributed by atoms with Crippen molar-refractivity contribution in [3.63, 3.8) is 0 Å². The van der Waals surface area contributed by atoms with Crippen LogP contribution in [0, 0.1) is 6.92 Å². The first-order chi connectivity index (χ1) is 14.6. The zero-order valence-corrected chi connectivity index (χ0v) is 17.8. The molecule has 0 spiro atoms. The van der Waals surface area contributed by atoms with Crippen molar-refractivity contribution < 1.29 is 14.7 Å². The average Bonchev–Trinajstić information content (AvgIpc) is 2.78. The number of aromatic nitrogens is 1. The highest BCUT2D eigenvalue weighted by Crippen LogP contribution is 2.21. The number of nitrogens with one attached hydrogen (secondary N) is 3. The minimum Gasteiger partial charge on any atom is -0.321 e. The van der Waals surface area contributed by atoms with Gasteiger partial charge in [-0.3, -0.25) is 9.69 Å². The first kappa shape index (κ1) is 20.4. The molecular formula is C24H27ClN4O+2. The number of aromatic amines is 1. The van der Waals surface area contributed by atoms with Gasteiger partial charge in [0.05, 0.1) is 6.20 Å². The van der Waals surface area contributed by atoms with Crippen molar-refractivity contribution in [3.8, 4) is 0 Å². The van der Waals surface area contributed by atoms with Gasteiger partial charge in [0.25, 0.3) is 11.7 Å². The predicted molar refractivity (Wildman–Crippen MR) is 120 cm³/mol. The molecule has 4 rings (SSSR count). The van der Waals surface area contributed by atoms with E-state index in [1.165, 1.54) is 4.90 Å². The molecular weight excluding hydrogens is 396 g/mol. The number of H-pyrrole nitrogens is 1. The van der Waals surface area contributed by atoms with Gasteiger partial charge in [-0.05, 0) is 30.7 Å². The Labute approximate surface area is 182 Å². The predicted octanol–water partition coefficient (Wildman–Crippen LogP) is 2.55. The first-order valence-electron chi connectivity index (χ1n) is 10.3. The van der Waals surface area contributed by atoms with Crippen LogP contribution in [0.15, 0.2) is 72.9 Å². The number of carbonyl (C=O) groups is 1. The minimum absolute atomic E-state index is 0.00385. The second kappa shape index (κ2) is 9.28. The Hall–Kier alpha value is -2.89. The third kappa shape index (κ3) is 4.64. The number of quaternary nitrogens is 1. The van der Waals surface area contributed by atoms with Crippen LogP contribution in [-0.4, -0.2) is 32.1 Å². The van der Waals surface area contributed by atoms with Gasteiger partial charge in [0.15, 0.2) is 6.04 Å². The zero-order chi connectivity index (χ0) is 20.9. The number of hydrogen-bond donors (Lipinski definition) is 2. The highest BCUT2D eigenvalue weighted by atomic mass is 35.5. The Morgan fingerprint density at radius 2 is 1.80 bits per heavy atom. The van der Waals surface area contributed by atoms with Crippen LogP contribution in [0.4, 0.5) is 11.5 Å². The van der Waals surface area contributed by atoms with Crippen LogP contribution >= 0.6 is 11.6 Å². The summed E-state index contributed by atoms with van der Waals surface area (Å²) >= 11 is 6.25. The lowest BCUT2D eigenvalue weighted by Crippen LogP contribution is -3.16. The number of amides is 1. The lowest BCUT2D eigenvalue weighted by atomic mass is 10.0. The fourth-order valence-electron chi connectivity index (χ4n) is 4.01. The Morgan fingerprint density at radius 1 is 1.07 bits per heavy atom. The molecule has 30 heavy (non-hydrogen) atoms. The number of aryl methyl sites for hydroxylation is 1. The van der Waals surface area contributed by atoms with E-state index in [0.29, 0.717) is 5.02 Å². The summed E-state index contributed by atoms with van der Waals surface area (Å²) in [6.45, 7) is 5.49. The van der Waals surface area contributed by atoms with Crippen LogP contribution in [-0.2, 0) is 4.79 Å². The highest BCUT2D eigenvalue weighted by molar-refractivity contribution is 6.31. The summed E-state index contributed by atoms with van der Waals surface area (Å²) in [7, 11) is 0. The summed E-state index contributed by atoms with van der Waals surface area (Å²) in [5, 5.41) is 3.74. The van der Waals surface area contributed by atoms with E-state index >= 15 is 0 Å². The molecule has 6 heteroatoms. The molecule has 3 N–H and O–H groups in total. The molecule has 1 saturated heterocycles. The molecule has 0 bridgehead atoms. The quantitative estimate of drug-likeness (QED) is 0.664. The van der Waals surface area contributed by atoms with Crippen LogP contribution in [0.2, 0.25) is 5.02 Å². The zero-order valence-electron chi connectivity index (χ0n) is 17.1. The van der Waals surface area contributed by atoms with E-state index in [1.54, 1.807) is 0 Å². The van der Waals surface area contributed by atoms with Gasteiger partial charge < -0.3 is 10.2 Å². The number of benzene rings is 2. The van der Waals surface area contributed by atoms with E-state index in [9.17, 15) is 4.79 Å². The molecule has 1 atom stereocenters. The van der Waals surface area contributed by atoms with Gasteiger partial charge in [-0.15, -0.1) is 0 Å². The molecule has 2 heterocycles. The number of halogens is 1. The SMILES string of the molecule is Cc1ccc(NC(=O)[C@@H](c2ccccc2)[NH+]2CCN(c3cccc[nH+]3)CC2)cc1Cl. The Balaban J connectivity index is 1.52. The molecule has 1 aliphatic heterocycles. The van der Waals surface area contributed by atoms with E-state index < -0.39 is 0 Å². The number of piperazine rings is 1. The van der Waals surface area contributed by atoms with Crippen molar-refractivity contribution in [2.75, 3.05) is 36.4 Å². The lowest BCUT2D eigenvalue weighted by Gasteiger charge is -2.33. The Morgan fingerprint density at radius 3 is 2.47 bits per heavy atom. The summed E-state index contributed by atoms with van der Waals surface area (Å²) < 4.78 is 0. The molecule has 0 unspecified atom stereocenters. The maximum Gasteiger partial charge on any atom is 0.287 e. The number of pyridine rings is 1. The molecule has 1 fully saturated rings. The summed E-state index contributed by atoms with van der Waals surface area (Å²) in [6.07, 6.45) is 1.95. The largest absolute Gasteiger partial charge is 0.321 e. The normalized spacial score (nSPS) is 15.6. The van der Waals surface area contributed by atoms with E-state index in [2.05, 4.69) is 21.3 Å². The number of anilines is 2. The van der Waals surface area contributed by atoms with E-state index in [0.717, 1.165) is 48.8 Å². The fourth-order valence-corrected chi connectivity index (χ4v) is 4.19. The van der Waals surface area contributed by atoms with Crippen LogP contribution in [0.1, 0.15) is 17.2 Å². The smallest absolute Gasteiger partial charge is 0.287 e. The van der Waals surface area contributed by atoms with Crippen LogP contribution in [0.3, 0.4) is 0 Å². The average molecular weight is 423 g/mol. The number of rotatable bonds is 5. The minimum atomic E-state index is -0.270. The first-order valence-corrected chi connectivity index (χ1v) is 10.7. The van der Waals surface area contributed by atoms with Crippen molar-refractivity contribution in [1.29, 1.82) is 0 Å². The maximum absolute atomic E-state index is 13.4. The van der Waals surface area contributed by atoms with Crippen LogP contribution < -0.4 is 20.1 Å². The maximum atomic E-state index is 13.4. The second-order valence-corrected chi connectivity index (χ2v) is 8.10. The van der Waals surface area contributed by atoms with Gasteiger partial charge in [0.1, 0.15) is 26.2 Å². The van der Waals surface area contributed by atoms with Gasteiger partial charge in [-0.25, -0.2) is 4.98 Å². The summed E-state index contributed by atoms with van der Waals surface area (Å²) in [6, 6.07) is 21.5. The van der Waals surface area contributed by atoms with Gasteiger partial charge in [0, 0.05) is 22.3 Å². The van der Waals surface area contributed by atoms with Crippen molar-refractivity contribution >= 4 is 29.0 Å². The van der Waals surface area contributed by atoms with Gasteiger partial charge in [0.2, 0.25) is 0 Å². The molecule has 1 aromatic heterocycles. The van der Waals surface area contributed by atoms with E-state index in [4.69, 9.17) is 11.6 Å². The van der Waals surface area contributed by atoms with Crippen LogP contribution in [0.5, 0.6) is 0 Å². The highest BCUT2D eigenvalue weighted by Gasteiger charge is 2.36. The molecule has 3 aromatic rings. The van der Waals surface area contributed by atoms with E-state index in [-0.39, 0.29) is 11.9 Å². The second-order valence-electron chi connectivity index (χ2n) is 7.69. The Bertz CT molecular complexity index is 989. The summed E-state index contributed by atoms with van der Waals surface area (Å²) in [5.41, 5.74) is 2.75. The molecule has 0 saturated carbocycles. The summed E-state index contributed by atoms with van der Waals surface area (Å²) in [4.78, 5) is 20.3. The lowest BCUT2D eigenvalue weighted by molar-refractivity contribution is -0.922. The van der Waals surface area contributed by atoms with Crippen molar-refractivity contribution in [2.45, 2.75) is 13.0 Å². The molecule has 154 valence electrons. The number of nitrogens with zero attached hydrogens (tertiary/aromatic N) is 1. The monoisotopic (exact) mass is 422 g/mol. The topological polar surface area (TPSA) is 50.9 Å². The number of carbonyl (C=O) groups excluding carboxylic acids is 1. The van der Waals surface area contributed by atoms with Gasteiger partial charge >= 0.3 is 0 Å². The third-order valence-corrected chi connectivity index (χ3v) is 6.09. The molecule has 5 nitrogen and oxygen atoms in total. The van der Waals surface area contributed by atoms with Crippen LogP contribution in [0.25, 0.3) is 0 Å². The van der Waals surface area contributed by atoms with Crippen molar-refractivity contribution in [2.24, 2.45) is 0 Å². The van der Waals surface area contributed by atoms with Crippen molar-refractivity contribution in [3.05, 3.63) is 89.1 Å². The molecule has 0 aliphatic carbocycles. The van der Waals surface area contributed by atoms with E-state index in [1.807, 2.05) is 73.8 Å². The third-order valence-electron chi connectivity index (χ3n) is 5.68. The molecule has 1 aliphatic rings. The van der Waals surface area contributed by atoms with Gasteiger partial charge in [-0.2, -0.15) is 0 Å². The van der Waals surface area contributed by atoms with Gasteiger partial charge in [-0.1, -0.05) is 54.1 Å². The molecule has 0 radical (unpaired) electrons. The standard InChI is InChI=1S/C24H25ClN4O/c1-18-10-11-20(17-21(18)25)27-24(30)23(19-7-3-2-4-8-19)29-15-13-28(14-16-29)22-9-5-6-12-26-22/h2-12,17,23H,13-16H2,1H3,(H,27,30)/p+2/t23-/m1/s1. The Kier molecular flexibility index (Phi) is 6.31. The molecule has 1 amide bonds.